The lowest BCUT2D eigenvalue weighted by Gasteiger charge is -2.26. The zero-order valence-electron chi connectivity index (χ0n) is 8.68. The molecule has 0 radical (unpaired) electrons. The van der Waals surface area contributed by atoms with Crippen LogP contribution < -0.4 is 5.32 Å². The Morgan fingerprint density at radius 3 is 3.33 bits per heavy atom. The highest BCUT2D eigenvalue weighted by Gasteiger charge is 2.16. The third kappa shape index (κ3) is 1.95. The second-order valence-electron chi connectivity index (χ2n) is 2.62. The Kier molecular flexibility index (Phi) is 1.39. The molecule has 0 saturated carbocycles. The van der Waals surface area contributed by atoms with Crippen molar-refractivity contribution >= 4 is 0 Å². The molecule has 1 aliphatic rings. The Balaban J connectivity index is 2.32. The Labute approximate surface area is 60.8 Å². The predicted molar refractivity (Wildman–Crippen MR) is 37.5 cm³/mol. The van der Waals surface area contributed by atoms with Gasteiger partial charge >= 0.3 is 0 Å². The van der Waals surface area contributed by atoms with E-state index in [1.54, 1.807) is 0 Å². The first-order chi connectivity index (χ1) is 5.47. The van der Waals surface area contributed by atoms with Crippen LogP contribution in [0.3, 0.4) is 0 Å². The van der Waals surface area contributed by atoms with Gasteiger partial charge in [-0.05, 0) is 26.3 Å². The summed E-state index contributed by atoms with van der Waals surface area (Å²) in [5.41, 5.74) is 0. The van der Waals surface area contributed by atoms with Gasteiger partial charge in [-0.15, -0.1) is 0 Å². The van der Waals surface area contributed by atoms with Crippen LogP contribution in [-0.2, 0) is 4.74 Å². The van der Waals surface area contributed by atoms with Crippen molar-refractivity contribution in [3.8, 4) is 0 Å². The van der Waals surface area contributed by atoms with Gasteiger partial charge in [0.05, 0.1) is 10.2 Å². The van der Waals surface area contributed by atoms with Gasteiger partial charge in [-0.2, -0.15) is 0 Å². The minimum absolute atomic E-state index is 0.103. The quantitative estimate of drug-likeness (QED) is 0.569. The van der Waals surface area contributed by atoms with Gasteiger partial charge in [-0.25, -0.2) is 0 Å². The minimum Gasteiger partial charge on any atom is -0.381 e. The lowest BCUT2D eigenvalue weighted by molar-refractivity contribution is 0.0647. The molecule has 0 spiro atoms. The van der Waals surface area contributed by atoms with Gasteiger partial charge in [0.1, 0.15) is 0 Å². The van der Waals surface area contributed by atoms with E-state index in [0.29, 0.717) is 6.04 Å². The van der Waals surface area contributed by atoms with Crippen LogP contribution >= 0.6 is 0 Å². The summed E-state index contributed by atoms with van der Waals surface area (Å²) in [6.45, 7) is 2.89. The van der Waals surface area contributed by atoms with E-state index in [-0.39, 0.29) is 6.10 Å². The average molecular weight is 132 g/mol. The fraction of sp³-hybridized carbons (Fsp3) is 1.00. The van der Waals surface area contributed by atoms with E-state index in [9.17, 15) is 0 Å². The molecule has 0 aromatic rings. The van der Waals surface area contributed by atoms with Crippen LogP contribution in [0, 0.1) is 0 Å². The van der Waals surface area contributed by atoms with E-state index >= 15 is 0 Å². The second-order valence-corrected chi connectivity index (χ2v) is 2.62. The highest BCUT2D eigenvalue weighted by Crippen LogP contribution is 2.10. The second kappa shape index (κ2) is 3.18. The maximum absolute atomic E-state index is 6.92. The van der Waals surface area contributed by atoms with Crippen molar-refractivity contribution < 1.29 is 8.85 Å². The summed E-state index contributed by atoms with van der Waals surface area (Å²) in [5.74, 6) is 0. The molecular weight excluding hydrogens is 114 g/mol. The van der Waals surface area contributed by atoms with Crippen LogP contribution in [-0.4, -0.2) is 25.7 Å². The van der Waals surface area contributed by atoms with E-state index < -0.39 is 7.04 Å². The first-order valence-corrected chi connectivity index (χ1v) is 3.38. The van der Waals surface area contributed by atoms with Crippen molar-refractivity contribution in [1.82, 2.24) is 5.32 Å². The molecule has 0 aliphatic carbocycles. The van der Waals surface area contributed by atoms with Crippen LogP contribution in [0.25, 0.3) is 0 Å². The van der Waals surface area contributed by atoms with Crippen molar-refractivity contribution in [2.75, 3.05) is 13.6 Å². The zero-order chi connectivity index (χ0) is 9.19. The lowest BCUT2D eigenvalue weighted by Crippen LogP contribution is -2.38. The Morgan fingerprint density at radius 1 is 1.78 bits per heavy atom. The van der Waals surface area contributed by atoms with Gasteiger partial charge in [0, 0.05) is 13.1 Å². The standard InChI is InChI=1S/C7H15NO/c1-6-5-7(9-2)3-4-8-6/h6-8H,3-5H2,1-2H3/t6-,7+/m1/s1/i2D3. The summed E-state index contributed by atoms with van der Waals surface area (Å²) in [5, 5.41) is 3.23. The van der Waals surface area contributed by atoms with E-state index in [0.717, 1.165) is 19.4 Å². The smallest absolute Gasteiger partial charge is 0.0598 e. The van der Waals surface area contributed by atoms with Crippen LogP contribution in [0.15, 0.2) is 0 Å². The highest BCUT2D eigenvalue weighted by molar-refractivity contribution is 4.74. The zero-order valence-corrected chi connectivity index (χ0v) is 5.68. The number of hydrogen-bond acceptors (Lipinski definition) is 2. The number of rotatable bonds is 1. The summed E-state index contributed by atoms with van der Waals surface area (Å²) < 4.78 is 25.7. The fourth-order valence-corrected chi connectivity index (χ4v) is 1.19. The number of methoxy groups -OCH3 is 1. The van der Waals surface area contributed by atoms with Crippen molar-refractivity contribution in [1.29, 1.82) is 0 Å². The molecule has 2 heteroatoms. The maximum atomic E-state index is 6.92. The molecule has 1 N–H and O–H groups in total. The number of hydrogen-bond donors (Lipinski definition) is 1. The van der Waals surface area contributed by atoms with Gasteiger partial charge in [0.15, 0.2) is 0 Å². The SMILES string of the molecule is [2H]C([2H])([2H])O[C@H]1CCN[C@H](C)C1. The topological polar surface area (TPSA) is 21.3 Å². The summed E-state index contributed by atoms with van der Waals surface area (Å²) in [7, 11) is -2.23. The fourth-order valence-electron chi connectivity index (χ4n) is 1.19. The number of piperidine rings is 1. The maximum Gasteiger partial charge on any atom is 0.0598 e. The number of ether oxygens (including phenoxy) is 1. The molecule has 1 saturated heterocycles. The van der Waals surface area contributed by atoms with Crippen LogP contribution in [0.5, 0.6) is 0 Å². The molecule has 0 aromatic heterocycles. The van der Waals surface area contributed by atoms with Gasteiger partial charge in [0.25, 0.3) is 0 Å². The molecule has 1 aliphatic heterocycles. The van der Waals surface area contributed by atoms with E-state index in [4.69, 9.17) is 8.85 Å². The van der Waals surface area contributed by atoms with Crippen molar-refractivity contribution in [2.24, 2.45) is 0 Å². The molecular formula is C7H15NO. The molecule has 0 aromatic carbocycles. The first-order valence-electron chi connectivity index (χ1n) is 4.88. The van der Waals surface area contributed by atoms with E-state index in [1.807, 2.05) is 6.92 Å². The summed E-state index contributed by atoms with van der Waals surface area (Å²) in [6, 6.07) is 0.367. The van der Waals surface area contributed by atoms with Crippen LogP contribution in [0.4, 0.5) is 0 Å². The summed E-state index contributed by atoms with van der Waals surface area (Å²) in [4.78, 5) is 0. The molecule has 1 heterocycles. The Hall–Kier alpha value is -0.0800. The summed E-state index contributed by atoms with van der Waals surface area (Å²) >= 11 is 0. The Bertz CT molecular complexity index is 148. The predicted octanol–water partition coefficient (Wildman–Crippen LogP) is 0.773. The van der Waals surface area contributed by atoms with Crippen LogP contribution in [0.2, 0.25) is 0 Å². The van der Waals surface area contributed by atoms with Gasteiger partial charge in [-0.1, -0.05) is 0 Å². The molecule has 54 valence electrons. The van der Waals surface area contributed by atoms with Crippen LogP contribution in [0.1, 0.15) is 23.9 Å². The molecule has 0 amide bonds. The Morgan fingerprint density at radius 2 is 2.67 bits per heavy atom. The monoisotopic (exact) mass is 132 g/mol. The molecule has 0 unspecified atom stereocenters. The largest absolute Gasteiger partial charge is 0.381 e. The summed E-state index contributed by atoms with van der Waals surface area (Å²) in [6.07, 6.45) is 1.48. The van der Waals surface area contributed by atoms with Crippen molar-refractivity contribution in [2.45, 2.75) is 31.9 Å². The first kappa shape index (κ1) is 3.94. The third-order valence-electron chi connectivity index (χ3n) is 1.74. The molecule has 1 fully saturated rings. The van der Waals surface area contributed by atoms with Gasteiger partial charge in [-0.3, -0.25) is 0 Å². The average Bonchev–Trinajstić information content (AvgIpc) is 1.82. The third-order valence-corrected chi connectivity index (χ3v) is 1.74. The van der Waals surface area contributed by atoms with E-state index in [2.05, 4.69) is 5.32 Å². The van der Waals surface area contributed by atoms with Gasteiger partial charge in [0.2, 0.25) is 0 Å². The number of nitrogens with one attached hydrogen (secondary N) is 1. The highest BCUT2D eigenvalue weighted by atomic mass is 16.5. The molecule has 9 heavy (non-hydrogen) atoms. The van der Waals surface area contributed by atoms with Crippen molar-refractivity contribution in [3.63, 3.8) is 0 Å². The van der Waals surface area contributed by atoms with Gasteiger partial charge < -0.3 is 10.1 Å². The van der Waals surface area contributed by atoms with E-state index in [1.165, 1.54) is 0 Å². The molecule has 2 nitrogen and oxygen atoms in total. The van der Waals surface area contributed by atoms with Crippen molar-refractivity contribution in [3.05, 3.63) is 0 Å². The normalized spacial score (nSPS) is 43.0. The minimum atomic E-state index is -2.23. The molecule has 2 atom stereocenters. The lowest BCUT2D eigenvalue weighted by atomic mass is 10.0. The molecule has 0 bridgehead atoms. The molecule has 1 rings (SSSR count).